The van der Waals surface area contributed by atoms with Crippen molar-refractivity contribution >= 4 is 19.8 Å². The number of unbranched alkanes of at least 4 members (excludes halogenated alkanes) is 14. The van der Waals surface area contributed by atoms with Gasteiger partial charge in [0.05, 0.1) is 27.7 Å². The van der Waals surface area contributed by atoms with E-state index < -0.39 is 32.5 Å². The molecule has 0 aliphatic heterocycles. The van der Waals surface area contributed by atoms with E-state index in [-0.39, 0.29) is 26.1 Å². The third-order valence-corrected chi connectivity index (χ3v) is 11.9. The largest absolute Gasteiger partial charge is 0.472 e. The summed E-state index contributed by atoms with van der Waals surface area (Å²) in [6.45, 7) is 10.7. The summed E-state index contributed by atoms with van der Waals surface area (Å²) in [7, 11) is 1.43. The fourth-order valence-electron chi connectivity index (χ4n) is 7.08. The summed E-state index contributed by atoms with van der Waals surface area (Å²) in [6, 6.07) is 2.21. The van der Waals surface area contributed by atoms with Crippen molar-refractivity contribution < 1.29 is 50.9 Å². The van der Waals surface area contributed by atoms with Crippen LogP contribution < -0.4 is 0 Å². The van der Waals surface area contributed by atoms with Gasteiger partial charge in [-0.3, -0.25) is 18.6 Å². The van der Waals surface area contributed by atoms with E-state index in [0.717, 1.165) is 113 Å². The van der Waals surface area contributed by atoms with Gasteiger partial charge in [0, 0.05) is 38.5 Å². The van der Waals surface area contributed by atoms with Crippen molar-refractivity contribution in [3.63, 3.8) is 0 Å². The molecule has 2 rings (SSSR count). The van der Waals surface area contributed by atoms with Crippen LogP contribution >= 0.6 is 7.82 Å². The van der Waals surface area contributed by atoms with Crippen molar-refractivity contribution in [3.05, 3.63) is 45.8 Å². The second-order valence-electron chi connectivity index (χ2n) is 17.6. The summed E-state index contributed by atoms with van der Waals surface area (Å²) in [5.41, 5.74) is 3.86. The van der Waals surface area contributed by atoms with Crippen LogP contribution in [0.5, 0.6) is 0 Å². The standard InChI is InChI=1S/C47H82NO10P/c1-9-11-22-28-41-35-38(3)43(56-41)29-23-18-14-12-13-15-21-26-32-47(50)57-42(37-55-59(51,52)54-34-33-48(6,7)8)36-53-46(49)31-25-20-17-16-19-24-30-45-40(5)39(4)44(58-45)27-10-2/h35,42H,9-34,36-37H2,1-8H3/p+1. The number of likely N-dealkylation sites (N-methyl/N-ethyl adjacent to an activating group) is 1. The van der Waals surface area contributed by atoms with Crippen molar-refractivity contribution in [1.29, 1.82) is 0 Å². The molecule has 0 aliphatic carbocycles. The minimum atomic E-state index is -4.40. The lowest BCUT2D eigenvalue weighted by molar-refractivity contribution is -0.870. The smallest absolute Gasteiger partial charge is 0.466 e. The van der Waals surface area contributed by atoms with Gasteiger partial charge >= 0.3 is 19.8 Å². The van der Waals surface area contributed by atoms with E-state index in [9.17, 15) is 19.0 Å². The van der Waals surface area contributed by atoms with Crippen molar-refractivity contribution in [2.45, 2.75) is 195 Å². The number of aryl methyl sites for hydroxylation is 5. The Morgan fingerprint density at radius 2 is 1.17 bits per heavy atom. The predicted octanol–water partition coefficient (Wildman–Crippen LogP) is 11.8. The first-order valence-electron chi connectivity index (χ1n) is 23.1. The van der Waals surface area contributed by atoms with Crippen molar-refractivity contribution in [2.24, 2.45) is 0 Å². The minimum absolute atomic E-state index is 0.0185. The maximum atomic E-state index is 12.8. The first kappa shape index (κ1) is 52.7. The molecule has 0 aromatic carbocycles. The molecular weight excluding hydrogens is 769 g/mol. The highest BCUT2D eigenvalue weighted by atomic mass is 31.2. The van der Waals surface area contributed by atoms with Crippen molar-refractivity contribution in [3.8, 4) is 0 Å². The van der Waals surface area contributed by atoms with Crippen LogP contribution in [-0.2, 0) is 58.4 Å². The molecule has 0 saturated carbocycles. The Hall–Kier alpha value is -2.43. The van der Waals surface area contributed by atoms with E-state index >= 15 is 0 Å². The highest BCUT2D eigenvalue weighted by molar-refractivity contribution is 7.47. The van der Waals surface area contributed by atoms with Crippen molar-refractivity contribution in [1.82, 2.24) is 0 Å². The second kappa shape index (κ2) is 29.8. The Bertz CT molecular complexity index is 1490. The molecule has 0 bridgehead atoms. The number of phosphoric ester groups is 1. The Labute approximate surface area is 357 Å². The SMILES string of the molecule is CCCCCc1cc(C)c(CCCCCCCCCCC(=O)OC(COC(=O)CCCCCCCCc2oc(CCC)c(C)c2C)COP(=O)(O)OCC[N+](C)(C)C)o1. The highest BCUT2D eigenvalue weighted by Crippen LogP contribution is 2.43. The number of esters is 2. The molecular formula is C47H83NO10P+. The number of quaternary nitrogens is 1. The zero-order chi connectivity index (χ0) is 43.5. The molecule has 12 heteroatoms. The molecule has 2 aromatic heterocycles. The minimum Gasteiger partial charge on any atom is -0.466 e. The lowest BCUT2D eigenvalue weighted by Crippen LogP contribution is -2.37. The number of nitrogens with zero attached hydrogens (tertiary/aromatic N) is 1. The molecule has 2 heterocycles. The van der Waals surface area contributed by atoms with Crippen LogP contribution in [0.15, 0.2) is 14.9 Å². The van der Waals surface area contributed by atoms with Crippen LogP contribution in [-0.4, -0.2) is 74.9 Å². The molecule has 340 valence electrons. The van der Waals surface area contributed by atoms with Gasteiger partial charge in [-0.2, -0.15) is 0 Å². The van der Waals surface area contributed by atoms with E-state index in [1.165, 1.54) is 55.2 Å². The lowest BCUT2D eigenvalue weighted by Gasteiger charge is -2.24. The number of rotatable bonds is 36. The van der Waals surface area contributed by atoms with Gasteiger partial charge in [0.15, 0.2) is 6.10 Å². The molecule has 0 fully saturated rings. The van der Waals surface area contributed by atoms with Gasteiger partial charge in [0.2, 0.25) is 0 Å². The quantitative estimate of drug-likeness (QED) is 0.0305. The number of hydrogen-bond donors (Lipinski definition) is 1. The lowest BCUT2D eigenvalue weighted by atomic mass is 10.0. The number of carbonyl (C=O) groups is 2. The summed E-state index contributed by atoms with van der Waals surface area (Å²) in [5, 5.41) is 0. The zero-order valence-electron chi connectivity index (χ0n) is 38.5. The van der Waals surface area contributed by atoms with Gasteiger partial charge in [0.25, 0.3) is 0 Å². The van der Waals surface area contributed by atoms with Crippen LogP contribution in [0.3, 0.4) is 0 Å². The summed E-state index contributed by atoms with van der Waals surface area (Å²) < 4.78 is 46.7. The number of ether oxygens (including phenoxy) is 2. The Morgan fingerprint density at radius 1 is 0.644 bits per heavy atom. The number of furan rings is 2. The van der Waals surface area contributed by atoms with Gasteiger partial charge in [-0.25, -0.2) is 4.57 Å². The van der Waals surface area contributed by atoms with Gasteiger partial charge in [-0.1, -0.05) is 90.9 Å². The monoisotopic (exact) mass is 853 g/mol. The molecule has 0 radical (unpaired) electrons. The maximum absolute atomic E-state index is 12.8. The van der Waals surface area contributed by atoms with E-state index in [1.807, 2.05) is 21.1 Å². The molecule has 59 heavy (non-hydrogen) atoms. The Balaban J connectivity index is 1.65. The van der Waals surface area contributed by atoms with E-state index in [4.69, 9.17) is 27.4 Å². The van der Waals surface area contributed by atoms with Gasteiger partial charge in [-0.05, 0) is 82.1 Å². The fraction of sp³-hybridized carbons (Fsp3) is 0.787. The molecule has 0 spiro atoms. The molecule has 0 amide bonds. The molecule has 0 saturated heterocycles. The molecule has 1 N–H and O–H groups in total. The third kappa shape index (κ3) is 24.6. The second-order valence-corrected chi connectivity index (χ2v) is 19.0. The first-order chi connectivity index (χ1) is 28.1. The van der Waals surface area contributed by atoms with Crippen LogP contribution in [0.2, 0.25) is 0 Å². The summed E-state index contributed by atoms with van der Waals surface area (Å²) in [5.74, 6) is 3.67. The van der Waals surface area contributed by atoms with Crippen LogP contribution in [0.25, 0.3) is 0 Å². The predicted molar refractivity (Wildman–Crippen MR) is 236 cm³/mol. The third-order valence-electron chi connectivity index (χ3n) is 11.0. The summed E-state index contributed by atoms with van der Waals surface area (Å²) in [6.07, 6.45) is 22.5. The zero-order valence-corrected chi connectivity index (χ0v) is 39.4. The average molecular weight is 853 g/mol. The van der Waals surface area contributed by atoms with Crippen LogP contribution in [0, 0.1) is 20.8 Å². The maximum Gasteiger partial charge on any atom is 0.472 e. The molecule has 2 unspecified atom stereocenters. The first-order valence-corrected chi connectivity index (χ1v) is 24.6. The van der Waals surface area contributed by atoms with Crippen LogP contribution in [0.1, 0.15) is 182 Å². The molecule has 11 nitrogen and oxygen atoms in total. The van der Waals surface area contributed by atoms with E-state index in [1.54, 1.807) is 0 Å². The Morgan fingerprint density at radius 3 is 1.75 bits per heavy atom. The topological polar surface area (TPSA) is 135 Å². The molecule has 2 atom stereocenters. The number of hydrogen-bond acceptors (Lipinski definition) is 9. The van der Waals surface area contributed by atoms with Gasteiger partial charge in [-0.15, -0.1) is 0 Å². The van der Waals surface area contributed by atoms with E-state index in [2.05, 4.69) is 40.7 Å². The van der Waals surface area contributed by atoms with Crippen molar-refractivity contribution in [2.75, 3.05) is 47.5 Å². The molecule has 2 aromatic rings. The number of carbonyl (C=O) groups excluding carboxylic acids is 2. The number of phosphoric acid groups is 1. The van der Waals surface area contributed by atoms with E-state index in [0.29, 0.717) is 23.9 Å². The van der Waals surface area contributed by atoms with Gasteiger partial charge < -0.3 is 27.7 Å². The van der Waals surface area contributed by atoms with Gasteiger partial charge in [0.1, 0.15) is 42.8 Å². The fourth-order valence-corrected chi connectivity index (χ4v) is 7.82. The molecule has 0 aliphatic rings. The summed E-state index contributed by atoms with van der Waals surface area (Å²) >= 11 is 0. The summed E-state index contributed by atoms with van der Waals surface area (Å²) in [4.78, 5) is 35.6. The Kier molecular flexibility index (Phi) is 26.6. The van der Waals surface area contributed by atoms with Crippen LogP contribution in [0.4, 0.5) is 0 Å². The normalized spacial score (nSPS) is 13.4. The highest BCUT2D eigenvalue weighted by Gasteiger charge is 2.27. The average Bonchev–Trinajstić information content (AvgIpc) is 3.66.